The van der Waals surface area contributed by atoms with E-state index in [1.165, 1.54) is 6.33 Å². The number of rotatable bonds is 4. The molecule has 2 N–H and O–H groups in total. The molecule has 3 aromatic rings. The van der Waals surface area contributed by atoms with Gasteiger partial charge in [-0.3, -0.25) is 9.59 Å². The van der Waals surface area contributed by atoms with Crippen LogP contribution in [-0.4, -0.2) is 83.2 Å². The molecule has 5 heterocycles. The lowest BCUT2D eigenvalue weighted by Crippen LogP contribution is -2.48. The second kappa shape index (κ2) is 9.02. The van der Waals surface area contributed by atoms with Crippen molar-refractivity contribution in [1.29, 1.82) is 0 Å². The number of carbonyl (C=O) groups is 1. The van der Waals surface area contributed by atoms with E-state index in [2.05, 4.69) is 30.1 Å². The Balaban J connectivity index is 1.43. The Bertz CT molecular complexity index is 1200. The van der Waals surface area contributed by atoms with Crippen molar-refractivity contribution < 1.29 is 9.53 Å². The highest BCUT2D eigenvalue weighted by molar-refractivity contribution is 5.92. The highest BCUT2D eigenvalue weighted by Crippen LogP contribution is 2.26. The van der Waals surface area contributed by atoms with Crippen molar-refractivity contribution in [3.05, 3.63) is 41.1 Å². The molecule has 0 radical (unpaired) electrons. The van der Waals surface area contributed by atoms with Gasteiger partial charge in [-0.1, -0.05) is 0 Å². The van der Waals surface area contributed by atoms with Crippen molar-refractivity contribution >= 4 is 40.0 Å². The molecule has 0 saturated carbocycles. The lowest BCUT2D eigenvalue weighted by Gasteiger charge is -2.35. The monoisotopic (exact) mass is 450 g/mol. The van der Waals surface area contributed by atoms with E-state index < -0.39 is 0 Å². The first-order chi connectivity index (χ1) is 16.1. The van der Waals surface area contributed by atoms with Crippen LogP contribution >= 0.6 is 0 Å². The van der Waals surface area contributed by atoms with Crippen molar-refractivity contribution in [2.75, 3.05) is 67.6 Å². The third kappa shape index (κ3) is 4.44. The van der Waals surface area contributed by atoms with Gasteiger partial charge in [0.15, 0.2) is 0 Å². The van der Waals surface area contributed by atoms with E-state index >= 15 is 0 Å². The molecule has 0 unspecified atom stereocenters. The smallest absolute Gasteiger partial charge is 0.262 e. The number of hydrogen-bond acceptors (Lipinski definition) is 9. The minimum Gasteiger partial charge on any atom is -0.378 e. The first-order valence-electron chi connectivity index (χ1n) is 11.0. The van der Waals surface area contributed by atoms with E-state index in [1.54, 1.807) is 13.1 Å². The molecular formula is C22H26N8O3. The Hall–Kier alpha value is -3.73. The van der Waals surface area contributed by atoms with Gasteiger partial charge in [0, 0.05) is 52.3 Å². The third-order valence-electron chi connectivity index (χ3n) is 6.01. The fraction of sp³-hybridized carbons (Fsp3) is 0.409. The number of ether oxygens (including phenoxy) is 1. The van der Waals surface area contributed by atoms with Crippen LogP contribution in [0.3, 0.4) is 0 Å². The third-order valence-corrected chi connectivity index (χ3v) is 6.01. The molecule has 2 fully saturated rings. The highest BCUT2D eigenvalue weighted by atomic mass is 16.5. The number of aromatic nitrogens is 4. The summed E-state index contributed by atoms with van der Waals surface area (Å²) >= 11 is 0. The van der Waals surface area contributed by atoms with Crippen LogP contribution in [0.25, 0.3) is 10.9 Å². The summed E-state index contributed by atoms with van der Waals surface area (Å²) in [7, 11) is 0. The molecule has 2 aliphatic rings. The predicted molar refractivity (Wildman–Crippen MR) is 125 cm³/mol. The van der Waals surface area contributed by atoms with Gasteiger partial charge in [-0.15, -0.1) is 0 Å². The van der Waals surface area contributed by atoms with Crippen LogP contribution in [0.4, 0.5) is 23.1 Å². The average Bonchev–Trinajstić information content (AvgIpc) is 2.85. The molecule has 0 atom stereocenters. The summed E-state index contributed by atoms with van der Waals surface area (Å²) in [5, 5.41) is 3.65. The number of fused-ring (bicyclic) bond motifs is 1. The van der Waals surface area contributed by atoms with Gasteiger partial charge in [-0.2, -0.15) is 0 Å². The lowest BCUT2D eigenvalue weighted by molar-refractivity contribution is -0.129. The van der Waals surface area contributed by atoms with Gasteiger partial charge in [0.1, 0.15) is 22.8 Å². The van der Waals surface area contributed by atoms with Gasteiger partial charge in [-0.25, -0.2) is 15.0 Å². The van der Waals surface area contributed by atoms with Crippen LogP contribution in [-0.2, 0) is 9.53 Å². The number of amides is 1. The highest BCUT2D eigenvalue weighted by Gasteiger charge is 2.22. The number of pyridine rings is 2. The summed E-state index contributed by atoms with van der Waals surface area (Å²) in [6, 6.07) is 5.69. The summed E-state index contributed by atoms with van der Waals surface area (Å²) < 4.78 is 5.40. The number of H-pyrrole nitrogens is 1. The normalized spacial score (nSPS) is 16.8. The fourth-order valence-electron chi connectivity index (χ4n) is 4.16. The molecule has 0 spiro atoms. The summed E-state index contributed by atoms with van der Waals surface area (Å²) in [4.78, 5) is 46.7. The van der Waals surface area contributed by atoms with Crippen LogP contribution in [0.2, 0.25) is 0 Å². The van der Waals surface area contributed by atoms with E-state index in [1.807, 2.05) is 23.1 Å². The van der Waals surface area contributed by atoms with Crippen LogP contribution in [0.1, 0.15) is 6.92 Å². The molecule has 11 nitrogen and oxygen atoms in total. The van der Waals surface area contributed by atoms with Crippen molar-refractivity contribution in [2.24, 2.45) is 0 Å². The molecule has 0 aromatic carbocycles. The van der Waals surface area contributed by atoms with Crippen molar-refractivity contribution in [3.63, 3.8) is 0 Å². The van der Waals surface area contributed by atoms with Gasteiger partial charge in [0.2, 0.25) is 5.91 Å². The average molecular weight is 451 g/mol. The maximum atomic E-state index is 12.6. The van der Waals surface area contributed by atoms with E-state index in [0.717, 1.165) is 24.6 Å². The van der Waals surface area contributed by atoms with Gasteiger partial charge >= 0.3 is 0 Å². The number of hydrogen-bond donors (Lipinski definition) is 2. The molecule has 0 aliphatic carbocycles. The molecule has 11 heteroatoms. The zero-order valence-electron chi connectivity index (χ0n) is 18.5. The summed E-state index contributed by atoms with van der Waals surface area (Å²) in [5.41, 5.74) is 1.02. The van der Waals surface area contributed by atoms with Crippen molar-refractivity contribution in [3.8, 4) is 0 Å². The fourth-order valence-corrected chi connectivity index (χ4v) is 4.16. The van der Waals surface area contributed by atoms with E-state index in [4.69, 9.17) is 9.72 Å². The minimum absolute atomic E-state index is 0.0738. The Labute approximate surface area is 190 Å². The lowest BCUT2D eigenvalue weighted by atomic mass is 10.2. The van der Waals surface area contributed by atoms with E-state index in [-0.39, 0.29) is 11.5 Å². The van der Waals surface area contributed by atoms with Crippen LogP contribution < -0.4 is 20.7 Å². The molecule has 0 bridgehead atoms. The molecular weight excluding hydrogens is 424 g/mol. The number of morpholine rings is 1. The maximum absolute atomic E-state index is 12.6. The van der Waals surface area contributed by atoms with Crippen LogP contribution in [0, 0.1) is 0 Å². The zero-order chi connectivity index (χ0) is 22.8. The Morgan fingerprint density at radius 3 is 2.48 bits per heavy atom. The van der Waals surface area contributed by atoms with Crippen LogP contribution in [0.15, 0.2) is 35.5 Å². The Morgan fingerprint density at radius 2 is 1.79 bits per heavy atom. The summed E-state index contributed by atoms with van der Waals surface area (Å²) in [5.74, 6) is 2.10. The van der Waals surface area contributed by atoms with E-state index in [0.29, 0.717) is 61.9 Å². The molecule has 2 aliphatic heterocycles. The number of nitrogens with one attached hydrogen (secondary N) is 2. The number of aromatic amines is 1. The minimum atomic E-state index is -0.263. The number of carbonyl (C=O) groups excluding carboxylic acids is 1. The SMILES string of the molecule is CC(=O)N1CCN(c2cc3nc[nH]c(=O)c3c(Nc3ccc(N4CCOCC4)nc3)n2)CC1. The quantitative estimate of drug-likeness (QED) is 0.599. The number of piperazine rings is 1. The van der Waals surface area contributed by atoms with Gasteiger partial charge in [0.05, 0.1) is 36.9 Å². The summed E-state index contributed by atoms with van der Waals surface area (Å²) in [6.45, 7) is 7.19. The summed E-state index contributed by atoms with van der Waals surface area (Å²) in [6.07, 6.45) is 3.13. The molecule has 172 valence electrons. The molecule has 5 rings (SSSR count). The maximum Gasteiger partial charge on any atom is 0.262 e. The van der Waals surface area contributed by atoms with Gasteiger partial charge in [-0.05, 0) is 12.1 Å². The van der Waals surface area contributed by atoms with Crippen molar-refractivity contribution in [1.82, 2.24) is 24.8 Å². The largest absolute Gasteiger partial charge is 0.378 e. The van der Waals surface area contributed by atoms with Gasteiger partial charge < -0.3 is 29.7 Å². The predicted octanol–water partition coefficient (Wildman–Crippen LogP) is 0.962. The molecule has 1 amide bonds. The van der Waals surface area contributed by atoms with E-state index in [9.17, 15) is 9.59 Å². The second-order valence-corrected chi connectivity index (χ2v) is 8.08. The first-order valence-corrected chi connectivity index (χ1v) is 11.0. The van der Waals surface area contributed by atoms with Gasteiger partial charge in [0.25, 0.3) is 5.56 Å². The Kier molecular flexibility index (Phi) is 5.78. The standard InChI is InChI=1S/C22H26N8O3/c1-15(31)28-4-6-29(7-5-28)19-12-17-20(22(32)25-14-24-17)21(27-19)26-16-2-3-18(23-13-16)30-8-10-33-11-9-30/h2-3,12-14H,4-11H2,1H3,(H,26,27)(H,24,25,32). The second-order valence-electron chi connectivity index (χ2n) is 8.08. The molecule has 3 aromatic heterocycles. The van der Waals surface area contributed by atoms with Crippen LogP contribution in [0.5, 0.6) is 0 Å². The molecule has 2 saturated heterocycles. The number of nitrogens with zero attached hydrogens (tertiary/aromatic N) is 6. The topological polar surface area (TPSA) is 120 Å². The van der Waals surface area contributed by atoms with Crippen molar-refractivity contribution in [2.45, 2.75) is 6.92 Å². The first kappa shape index (κ1) is 21.1. The zero-order valence-corrected chi connectivity index (χ0v) is 18.5. The Morgan fingerprint density at radius 1 is 1.03 bits per heavy atom. The molecule has 33 heavy (non-hydrogen) atoms. The number of anilines is 4.